The zero-order valence-electron chi connectivity index (χ0n) is 11.4. The molecule has 0 radical (unpaired) electrons. The number of hydrogen-bond acceptors (Lipinski definition) is 2. The molecular weight excluding hydrogens is 240 g/mol. The Morgan fingerprint density at radius 3 is 2.89 bits per heavy atom. The van der Waals surface area contributed by atoms with Crippen molar-refractivity contribution in [3.63, 3.8) is 0 Å². The number of aromatic nitrogens is 1. The van der Waals surface area contributed by atoms with E-state index in [0.717, 1.165) is 18.5 Å². The van der Waals surface area contributed by atoms with Crippen LogP contribution >= 0.6 is 0 Å². The van der Waals surface area contributed by atoms with E-state index in [4.69, 9.17) is 5.11 Å². The fourth-order valence-corrected chi connectivity index (χ4v) is 2.26. The first kappa shape index (κ1) is 13.6. The number of H-pyrrole nitrogens is 1. The molecule has 102 valence electrons. The summed E-state index contributed by atoms with van der Waals surface area (Å²) in [4.78, 5) is 16.0. The number of nitrogens with zero attached hydrogens (tertiary/aromatic N) is 1. The quantitative estimate of drug-likeness (QED) is 0.839. The van der Waals surface area contributed by atoms with Gasteiger partial charge in [0, 0.05) is 29.7 Å². The number of carboxylic acids is 1. The number of fused-ring (bicyclic) bond motifs is 1. The highest BCUT2D eigenvalue weighted by Crippen LogP contribution is 2.18. The lowest BCUT2D eigenvalue weighted by Crippen LogP contribution is -2.32. The molecule has 0 aliphatic heterocycles. The highest BCUT2D eigenvalue weighted by Gasteiger charge is 2.13. The molecule has 1 aromatic heterocycles. The van der Waals surface area contributed by atoms with Gasteiger partial charge in [0.25, 0.3) is 0 Å². The van der Waals surface area contributed by atoms with Crippen molar-refractivity contribution < 1.29 is 9.90 Å². The average molecular weight is 260 g/mol. The van der Waals surface area contributed by atoms with Crippen LogP contribution in [0.3, 0.4) is 0 Å². The monoisotopic (exact) mass is 260 g/mol. The number of likely N-dealkylation sites (N-methyl/N-ethyl adjacent to an activating group) is 1. The first-order chi connectivity index (χ1) is 9.08. The van der Waals surface area contributed by atoms with Gasteiger partial charge >= 0.3 is 5.97 Å². The summed E-state index contributed by atoms with van der Waals surface area (Å²) in [6.45, 7) is 2.81. The Bertz CT molecular complexity index is 562. The summed E-state index contributed by atoms with van der Waals surface area (Å²) in [5.41, 5.74) is 2.43. The number of benzene rings is 1. The molecule has 1 heterocycles. The number of carboxylic acid groups (broad SMARTS) is 1. The Labute approximate surface area is 113 Å². The van der Waals surface area contributed by atoms with E-state index in [1.54, 1.807) is 0 Å². The van der Waals surface area contributed by atoms with Gasteiger partial charge in [0.15, 0.2) is 0 Å². The van der Waals surface area contributed by atoms with Crippen LogP contribution in [0.2, 0.25) is 0 Å². The summed E-state index contributed by atoms with van der Waals surface area (Å²) < 4.78 is 0. The maximum absolute atomic E-state index is 10.7. The molecule has 1 atom stereocenters. The van der Waals surface area contributed by atoms with Crippen LogP contribution in [-0.2, 0) is 11.2 Å². The largest absolute Gasteiger partial charge is 0.481 e. The van der Waals surface area contributed by atoms with Crippen molar-refractivity contribution >= 4 is 16.9 Å². The van der Waals surface area contributed by atoms with Crippen LogP contribution in [0.4, 0.5) is 0 Å². The van der Waals surface area contributed by atoms with Crippen LogP contribution in [0.1, 0.15) is 18.9 Å². The van der Waals surface area contributed by atoms with Gasteiger partial charge in [-0.1, -0.05) is 18.2 Å². The van der Waals surface area contributed by atoms with Crippen LogP contribution in [0.15, 0.2) is 30.5 Å². The minimum absolute atomic E-state index is 0.0581. The second-order valence-electron chi connectivity index (χ2n) is 5.04. The highest BCUT2D eigenvalue weighted by molar-refractivity contribution is 5.83. The van der Waals surface area contributed by atoms with Gasteiger partial charge in [0.1, 0.15) is 0 Å². The van der Waals surface area contributed by atoms with E-state index < -0.39 is 5.97 Å². The molecule has 0 fully saturated rings. The molecule has 0 spiro atoms. The lowest BCUT2D eigenvalue weighted by Gasteiger charge is -2.23. The van der Waals surface area contributed by atoms with Crippen molar-refractivity contribution in [2.75, 3.05) is 13.6 Å². The lowest BCUT2D eigenvalue weighted by atomic mass is 10.1. The minimum atomic E-state index is -0.744. The lowest BCUT2D eigenvalue weighted by molar-refractivity contribution is -0.138. The van der Waals surface area contributed by atoms with Crippen molar-refractivity contribution in [1.29, 1.82) is 0 Å². The summed E-state index contributed by atoms with van der Waals surface area (Å²) in [6, 6.07) is 8.29. The van der Waals surface area contributed by atoms with Gasteiger partial charge in [-0.15, -0.1) is 0 Å². The molecule has 0 amide bonds. The Morgan fingerprint density at radius 2 is 2.16 bits per heavy atom. The minimum Gasteiger partial charge on any atom is -0.481 e. The average Bonchev–Trinajstić information content (AvgIpc) is 2.78. The van der Waals surface area contributed by atoms with Crippen LogP contribution < -0.4 is 0 Å². The van der Waals surface area contributed by atoms with E-state index in [9.17, 15) is 4.79 Å². The van der Waals surface area contributed by atoms with Gasteiger partial charge in [-0.2, -0.15) is 0 Å². The van der Waals surface area contributed by atoms with Crippen molar-refractivity contribution in [1.82, 2.24) is 9.88 Å². The number of rotatable bonds is 6. The van der Waals surface area contributed by atoms with Gasteiger partial charge < -0.3 is 15.0 Å². The van der Waals surface area contributed by atoms with E-state index >= 15 is 0 Å². The number of hydrogen-bond donors (Lipinski definition) is 2. The Kier molecular flexibility index (Phi) is 4.22. The van der Waals surface area contributed by atoms with E-state index in [0.29, 0.717) is 0 Å². The predicted octanol–water partition coefficient (Wildman–Crippen LogP) is 2.51. The van der Waals surface area contributed by atoms with Crippen molar-refractivity contribution in [2.45, 2.75) is 25.8 Å². The molecule has 2 rings (SSSR count). The maximum Gasteiger partial charge on any atom is 0.304 e. The van der Waals surface area contributed by atoms with E-state index in [1.165, 1.54) is 10.9 Å². The van der Waals surface area contributed by atoms with Gasteiger partial charge in [0.2, 0.25) is 0 Å². The smallest absolute Gasteiger partial charge is 0.304 e. The topological polar surface area (TPSA) is 56.3 Å². The van der Waals surface area contributed by atoms with Gasteiger partial charge in [-0.05, 0) is 32.0 Å². The first-order valence-corrected chi connectivity index (χ1v) is 6.55. The molecule has 19 heavy (non-hydrogen) atoms. The first-order valence-electron chi connectivity index (χ1n) is 6.55. The predicted molar refractivity (Wildman–Crippen MR) is 76.3 cm³/mol. The second kappa shape index (κ2) is 5.89. The fraction of sp³-hybridized carbons (Fsp3) is 0.400. The van der Waals surface area contributed by atoms with Crippen molar-refractivity contribution in [2.24, 2.45) is 0 Å². The summed E-state index contributed by atoms with van der Waals surface area (Å²) in [5.74, 6) is -0.744. The molecule has 0 aliphatic rings. The summed E-state index contributed by atoms with van der Waals surface area (Å²) >= 11 is 0. The standard InChI is InChI=1S/C15H20N2O2/c1-11(9-15(18)19)17(2)8-7-12-10-16-14-6-4-3-5-13(12)14/h3-6,10-11,16H,7-9H2,1-2H3,(H,18,19). The Morgan fingerprint density at radius 1 is 1.42 bits per heavy atom. The molecule has 0 saturated heterocycles. The molecular formula is C15H20N2O2. The zero-order chi connectivity index (χ0) is 13.8. The normalized spacial score (nSPS) is 13.0. The third kappa shape index (κ3) is 3.35. The third-order valence-corrected chi connectivity index (χ3v) is 3.63. The van der Waals surface area contributed by atoms with Gasteiger partial charge in [-0.25, -0.2) is 0 Å². The Hall–Kier alpha value is -1.81. The molecule has 1 unspecified atom stereocenters. The fourth-order valence-electron chi connectivity index (χ4n) is 2.26. The van der Waals surface area contributed by atoms with Crippen LogP contribution in [0.25, 0.3) is 10.9 Å². The van der Waals surface area contributed by atoms with Gasteiger partial charge in [0.05, 0.1) is 6.42 Å². The van der Waals surface area contributed by atoms with E-state index in [-0.39, 0.29) is 12.5 Å². The van der Waals surface area contributed by atoms with Crippen LogP contribution in [0, 0.1) is 0 Å². The highest BCUT2D eigenvalue weighted by atomic mass is 16.4. The number of aromatic amines is 1. The third-order valence-electron chi connectivity index (χ3n) is 3.63. The number of nitrogens with one attached hydrogen (secondary N) is 1. The van der Waals surface area contributed by atoms with Crippen molar-refractivity contribution in [3.8, 4) is 0 Å². The van der Waals surface area contributed by atoms with Gasteiger partial charge in [-0.3, -0.25) is 4.79 Å². The zero-order valence-corrected chi connectivity index (χ0v) is 11.4. The molecule has 0 bridgehead atoms. The van der Waals surface area contributed by atoms with Crippen LogP contribution in [0.5, 0.6) is 0 Å². The molecule has 4 nitrogen and oxygen atoms in total. The van der Waals surface area contributed by atoms with E-state index in [1.807, 2.05) is 32.3 Å². The van der Waals surface area contributed by atoms with E-state index in [2.05, 4.69) is 22.0 Å². The van der Waals surface area contributed by atoms with Crippen molar-refractivity contribution in [3.05, 3.63) is 36.0 Å². The Balaban J connectivity index is 1.97. The number of para-hydroxylation sites is 1. The molecule has 4 heteroatoms. The molecule has 1 aromatic carbocycles. The summed E-state index contributed by atoms with van der Waals surface area (Å²) in [5, 5.41) is 10.0. The van der Waals surface area contributed by atoms with Crippen LogP contribution in [-0.4, -0.2) is 40.6 Å². The summed E-state index contributed by atoms with van der Waals surface area (Å²) in [6.07, 6.45) is 3.15. The molecule has 2 aromatic rings. The number of aliphatic carboxylic acids is 1. The molecule has 0 aliphatic carbocycles. The molecule has 0 saturated carbocycles. The SMILES string of the molecule is CC(CC(=O)O)N(C)CCc1c[nH]c2ccccc12. The molecule has 2 N–H and O–H groups in total. The maximum atomic E-state index is 10.7. The number of carbonyl (C=O) groups is 1. The second-order valence-corrected chi connectivity index (χ2v) is 5.04. The summed E-state index contributed by atoms with van der Waals surface area (Å²) in [7, 11) is 1.97.